The molecule has 1 aromatic heterocycles. The number of nitrogens with one attached hydrogen (secondary N) is 1. The highest BCUT2D eigenvalue weighted by Gasteiger charge is 2.12. The minimum absolute atomic E-state index is 0.0151. The molecule has 26 heavy (non-hydrogen) atoms. The summed E-state index contributed by atoms with van der Waals surface area (Å²) in [5.74, 6) is -1.83. The number of aryl methyl sites for hydroxylation is 1. The number of halogens is 1. The highest BCUT2D eigenvalue weighted by molar-refractivity contribution is 7.13. The van der Waals surface area contributed by atoms with Crippen LogP contribution < -0.4 is 5.32 Å². The van der Waals surface area contributed by atoms with Crippen molar-refractivity contribution >= 4 is 34.3 Å². The largest absolute Gasteiger partial charge is 0.469 e. The molecule has 1 amide bonds. The van der Waals surface area contributed by atoms with E-state index in [0.29, 0.717) is 17.2 Å². The molecular formula is C17H17FN2O5S. The van der Waals surface area contributed by atoms with E-state index in [4.69, 9.17) is 4.74 Å². The molecule has 0 unspecified atom stereocenters. The van der Waals surface area contributed by atoms with Gasteiger partial charge in [0.25, 0.3) is 5.91 Å². The summed E-state index contributed by atoms with van der Waals surface area (Å²) >= 11 is 1.15. The second kappa shape index (κ2) is 9.62. The van der Waals surface area contributed by atoms with Crippen molar-refractivity contribution in [2.75, 3.05) is 19.0 Å². The molecule has 0 aliphatic carbocycles. The average molecular weight is 380 g/mol. The van der Waals surface area contributed by atoms with Crippen molar-refractivity contribution in [1.29, 1.82) is 0 Å². The third kappa shape index (κ3) is 6.60. The van der Waals surface area contributed by atoms with Gasteiger partial charge in [0.1, 0.15) is 5.82 Å². The molecule has 0 atom stereocenters. The number of carbonyl (C=O) groups is 3. The van der Waals surface area contributed by atoms with Crippen LogP contribution in [-0.2, 0) is 36.7 Å². The first-order chi connectivity index (χ1) is 12.5. The normalized spacial score (nSPS) is 10.2. The Kier molecular flexibility index (Phi) is 7.22. The highest BCUT2D eigenvalue weighted by Crippen LogP contribution is 2.16. The summed E-state index contributed by atoms with van der Waals surface area (Å²) in [6, 6.07) is 5.81. The van der Waals surface area contributed by atoms with Crippen LogP contribution in [0.1, 0.15) is 17.7 Å². The number of methoxy groups -OCH3 is 1. The zero-order chi connectivity index (χ0) is 18.9. The fourth-order valence-electron chi connectivity index (χ4n) is 1.94. The van der Waals surface area contributed by atoms with Crippen molar-refractivity contribution < 1.29 is 28.2 Å². The van der Waals surface area contributed by atoms with Gasteiger partial charge in [0.15, 0.2) is 11.7 Å². The Bertz CT molecular complexity index is 776. The molecule has 2 rings (SSSR count). The maximum atomic E-state index is 12.8. The monoisotopic (exact) mass is 380 g/mol. The molecule has 9 heteroatoms. The predicted molar refractivity (Wildman–Crippen MR) is 92.1 cm³/mol. The summed E-state index contributed by atoms with van der Waals surface area (Å²) in [7, 11) is 1.28. The van der Waals surface area contributed by atoms with E-state index >= 15 is 0 Å². The quantitative estimate of drug-likeness (QED) is 0.705. The van der Waals surface area contributed by atoms with E-state index in [2.05, 4.69) is 15.0 Å². The van der Waals surface area contributed by atoms with Crippen LogP contribution in [0, 0.1) is 5.82 Å². The molecule has 1 heterocycles. The molecule has 0 saturated carbocycles. The molecule has 1 aromatic carbocycles. The molecule has 0 radical (unpaired) electrons. The van der Waals surface area contributed by atoms with Crippen LogP contribution in [0.3, 0.4) is 0 Å². The predicted octanol–water partition coefficient (Wildman–Crippen LogP) is 2.11. The van der Waals surface area contributed by atoms with Gasteiger partial charge in [-0.05, 0) is 24.1 Å². The Balaban J connectivity index is 1.70. The Morgan fingerprint density at radius 3 is 2.62 bits per heavy atom. The van der Waals surface area contributed by atoms with Crippen molar-refractivity contribution in [1.82, 2.24) is 4.98 Å². The Morgan fingerprint density at radius 2 is 1.92 bits per heavy atom. The van der Waals surface area contributed by atoms with Gasteiger partial charge in [0.05, 0.1) is 19.2 Å². The van der Waals surface area contributed by atoms with Crippen molar-refractivity contribution in [3.8, 4) is 0 Å². The minimum Gasteiger partial charge on any atom is -0.469 e. The Hall–Kier alpha value is -2.81. The van der Waals surface area contributed by atoms with Gasteiger partial charge >= 0.3 is 11.9 Å². The summed E-state index contributed by atoms with van der Waals surface area (Å²) in [6.07, 6.45) is 0.491. The molecule has 1 N–H and O–H groups in total. The minimum atomic E-state index is -0.532. The lowest BCUT2D eigenvalue weighted by Crippen LogP contribution is -2.21. The molecule has 0 aliphatic heterocycles. The zero-order valence-corrected chi connectivity index (χ0v) is 14.8. The fraction of sp³-hybridized carbons (Fsp3) is 0.294. The van der Waals surface area contributed by atoms with Crippen LogP contribution in [0.25, 0.3) is 0 Å². The molecule has 0 fully saturated rings. The molecule has 138 valence electrons. The van der Waals surface area contributed by atoms with Gasteiger partial charge in [0.2, 0.25) is 0 Å². The smallest absolute Gasteiger partial charge is 0.311 e. The number of aromatic nitrogens is 1. The van der Waals surface area contributed by atoms with Crippen LogP contribution in [-0.4, -0.2) is 36.5 Å². The maximum Gasteiger partial charge on any atom is 0.311 e. The van der Waals surface area contributed by atoms with E-state index in [1.54, 1.807) is 17.5 Å². The van der Waals surface area contributed by atoms with Crippen molar-refractivity contribution in [2.24, 2.45) is 0 Å². The molecule has 0 aliphatic rings. The second-order valence-corrected chi connectivity index (χ2v) is 6.09. The topological polar surface area (TPSA) is 94.6 Å². The third-order valence-electron chi connectivity index (χ3n) is 3.25. The number of anilines is 1. The summed E-state index contributed by atoms with van der Waals surface area (Å²) < 4.78 is 22.2. The molecule has 7 nitrogen and oxygen atoms in total. The fourth-order valence-corrected chi connectivity index (χ4v) is 2.66. The molecule has 2 aromatic rings. The molecule has 0 spiro atoms. The van der Waals surface area contributed by atoms with Gasteiger partial charge in [-0.1, -0.05) is 12.1 Å². The summed E-state index contributed by atoms with van der Waals surface area (Å²) in [4.78, 5) is 38.6. The van der Waals surface area contributed by atoms with Crippen LogP contribution in [0.4, 0.5) is 9.52 Å². The van der Waals surface area contributed by atoms with E-state index in [1.165, 1.54) is 19.2 Å². The highest BCUT2D eigenvalue weighted by atomic mass is 32.1. The summed E-state index contributed by atoms with van der Waals surface area (Å²) in [6.45, 7) is -0.436. The number of carbonyl (C=O) groups excluding carboxylic acids is 3. The van der Waals surface area contributed by atoms with E-state index in [1.807, 2.05) is 0 Å². The third-order valence-corrected chi connectivity index (χ3v) is 4.05. The summed E-state index contributed by atoms with van der Waals surface area (Å²) in [5.41, 5.74) is 1.28. The van der Waals surface area contributed by atoms with Gasteiger partial charge in [-0.2, -0.15) is 0 Å². The number of rotatable bonds is 8. The number of hydrogen-bond donors (Lipinski definition) is 1. The van der Waals surface area contributed by atoms with Crippen LogP contribution in [0.2, 0.25) is 0 Å². The maximum absolute atomic E-state index is 12.8. The number of esters is 2. The van der Waals surface area contributed by atoms with E-state index in [0.717, 1.165) is 16.9 Å². The lowest BCUT2D eigenvalue weighted by molar-refractivity contribution is -0.147. The van der Waals surface area contributed by atoms with Crippen molar-refractivity contribution in [2.45, 2.75) is 19.3 Å². The van der Waals surface area contributed by atoms with E-state index < -0.39 is 24.5 Å². The number of benzene rings is 1. The SMILES string of the molecule is COC(=O)Cc1csc(NC(=O)COC(=O)CCc2ccc(F)cc2)n1. The van der Waals surface area contributed by atoms with Gasteiger partial charge < -0.3 is 9.47 Å². The van der Waals surface area contributed by atoms with Crippen molar-refractivity contribution in [3.05, 3.63) is 46.7 Å². The lowest BCUT2D eigenvalue weighted by Gasteiger charge is -2.05. The van der Waals surface area contributed by atoms with E-state index in [-0.39, 0.29) is 18.7 Å². The molecular weight excluding hydrogens is 363 g/mol. The Labute approximate surface area is 153 Å². The standard InChI is InChI=1S/C17H17FN2O5S/c1-24-16(23)8-13-10-26-17(19-13)20-14(21)9-25-15(22)7-4-11-2-5-12(18)6-3-11/h2-3,5-6,10H,4,7-9H2,1H3,(H,19,20,21). The summed E-state index contributed by atoms with van der Waals surface area (Å²) in [5, 5.41) is 4.41. The van der Waals surface area contributed by atoms with Crippen LogP contribution >= 0.6 is 11.3 Å². The number of thiazole rings is 1. The van der Waals surface area contributed by atoms with E-state index in [9.17, 15) is 18.8 Å². The lowest BCUT2D eigenvalue weighted by atomic mass is 10.1. The first kappa shape index (κ1) is 19.5. The van der Waals surface area contributed by atoms with Gasteiger partial charge in [0, 0.05) is 11.8 Å². The van der Waals surface area contributed by atoms with Crippen LogP contribution in [0.15, 0.2) is 29.6 Å². The van der Waals surface area contributed by atoms with Crippen molar-refractivity contribution in [3.63, 3.8) is 0 Å². The first-order valence-electron chi connectivity index (χ1n) is 7.67. The molecule has 0 saturated heterocycles. The second-order valence-electron chi connectivity index (χ2n) is 5.23. The number of hydrogen-bond acceptors (Lipinski definition) is 7. The first-order valence-corrected chi connectivity index (χ1v) is 8.55. The van der Waals surface area contributed by atoms with Gasteiger partial charge in [-0.15, -0.1) is 11.3 Å². The van der Waals surface area contributed by atoms with Crippen LogP contribution in [0.5, 0.6) is 0 Å². The molecule has 0 bridgehead atoms. The number of amides is 1. The average Bonchev–Trinajstić information content (AvgIpc) is 3.06. The van der Waals surface area contributed by atoms with Gasteiger partial charge in [-0.25, -0.2) is 9.37 Å². The number of ether oxygens (including phenoxy) is 2. The van der Waals surface area contributed by atoms with Gasteiger partial charge in [-0.3, -0.25) is 19.7 Å². The number of nitrogens with zero attached hydrogens (tertiary/aromatic N) is 1. The zero-order valence-electron chi connectivity index (χ0n) is 14.0. The Morgan fingerprint density at radius 1 is 1.19 bits per heavy atom.